The number of hydrogen-bond acceptors (Lipinski definition) is 6. The Bertz CT molecular complexity index is 453. The number of aromatic nitrogens is 4. The summed E-state index contributed by atoms with van der Waals surface area (Å²) in [4.78, 5) is 12.6. The fourth-order valence-corrected chi connectivity index (χ4v) is 1.77. The Hall–Kier alpha value is -1.56. The van der Waals surface area contributed by atoms with Crippen LogP contribution in [0.4, 0.5) is 5.13 Å². The maximum atomic E-state index is 4.32. The Morgan fingerprint density at radius 1 is 1.40 bits per heavy atom. The Kier molecular flexibility index (Phi) is 2.86. The van der Waals surface area contributed by atoms with Crippen LogP contribution in [-0.2, 0) is 0 Å². The number of nitrogens with zero attached hydrogens (tertiary/aromatic N) is 4. The zero-order valence-electron chi connectivity index (χ0n) is 8.56. The molecule has 2 aromatic rings. The first-order valence-corrected chi connectivity index (χ1v) is 5.44. The molecular formula is C9H11N5S. The van der Waals surface area contributed by atoms with Gasteiger partial charge in [-0.1, -0.05) is 0 Å². The molecule has 0 unspecified atom stereocenters. The van der Waals surface area contributed by atoms with Crippen LogP contribution in [-0.4, -0.2) is 25.9 Å². The van der Waals surface area contributed by atoms with E-state index in [-0.39, 0.29) is 0 Å². The quantitative estimate of drug-likeness (QED) is 0.855. The van der Waals surface area contributed by atoms with Crippen molar-refractivity contribution in [2.45, 2.75) is 13.8 Å². The SMILES string of the molecule is CCNc1nc(-c2ccnc(C)n2)ns1. The molecule has 78 valence electrons. The third-order valence-electron chi connectivity index (χ3n) is 1.76. The Morgan fingerprint density at radius 2 is 2.27 bits per heavy atom. The lowest BCUT2D eigenvalue weighted by atomic mass is 10.4. The fraction of sp³-hybridized carbons (Fsp3) is 0.333. The van der Waals surface area contributed by atoms with Crippen LogP contribution in [0.5, 0.6) is 0 Å². The lowest BCUT2D eigenvalue weighted by molar-refractivity contribution is 1.04. The van der Waals surface area contributed by atoms with Crippen LogP contribution in [0.2, 0.25) is 0 Å². The lowest BCUT2D eigenvalue weighted by Crippen LogP contribution is -1.95. The molecule has 0 fully saturated rings. The average molecular weight is 221 g/mol. The third kappa shape index (κ3) is 2.27. The van der Waals surface area contributed by atoms with E-state index >= 15 is 0 Å². The number of hydrogen-bond donors (Lipinski definition) is 1. The van der Waals surface area contributed by atoms with Gasteiger partial charge < -0.3 is 5.32 Å². The second-order valence-electron chi connectivity index (χ2n) is 2.94. The monoisotopic (exact) mass is 221 g/mol. The molecule has 0 atom stereocenters. The highest BCUT2D eigenvalue weighted by molar-refractivity contribution is 7.09. The molecule has 2 aromatic heterocycles. The minimum atomic E-state index is 0.654. The van der Waals surface area contributed by atoms with Crippen LogP contribution >= 0.6 is 11.5 Å². The van der Waals surface area contributed by atoms with Gasteiger partial charge in [0.1, 0.15) is 11.5 Å². The molecule has 0 amide bonds. The highest BCUT2D eigenvalue weighted by Crippen LogP contribution is 2.18. The normalized spacial score (nSPS) is 10.3. The molecule has 0 aromatic carbocycles. The van der Waals surface area contributed by atoms with Crippen molar-refractivity contribution in [3.8, 4) is 11.5 Å². The van der Waals surface area contributed by atoms with Crippen LogP contribution in [0.1, 0.15) is 12.7 Å². The van der Waals surface area contributed by atoms with Gasteiger partial charge in [-0.25, -0.2) is 9.97 Å². The Morgan fingerprint density at radius 3 is 3.00 bits per heavy atom. The second kappa shape index (κ2) is 4.31. The van der Waals surface area contributed by atoms with Gasteiger partial charge in [-0.2, -0.15) is 9.36 Å². The van der Waals surface area contributed by atoms with Gasteiger partial charge >= 0.3 is 0 Å². The average Bonchev–Trinajstić information content (AvgIpc) is 2.67. The summed E-state index contributed by atoms with van der Waals surface area (Å²) in [6.07, 6.45) is 1.71. The van der Waals surface area contributed by atoms with Crippen molar-refractivity contribution >= 4 is 16.7 Å². The zero-order valence-corrected chi connectivity index (χ0v) is 9.38. The summed E-state index contributed by atoms with van der Waals surface area (Å²) in [7, 11) is 0. The van der Waals surface area contributed by atoms with E-state index in [1.54, 1.807) is 6.20 Å². The van der Waals surface area contributed by atoms with Crippen molar-refractivity contribution in [2.24, 2.45) is 0 Å². The zero-order chi connectivity index (χ0) is 10.7. The van der Waals surface area contributed by atoms with Crippen LogP contribution in [0.25, 0.3) is 11.5 Å². The predicted molar refractivity (Wildman–Crippen MR) is 59.8 cm³/mol. The molecule has 1 N–H and O–H groups in total. The van der Waals surface area contributed by atoms with Crippen LogP contribution < -0.4 is 5.32 Å². The van der Waals surface area contributed by atoms with E-state index in [1.807, 2.05) is 19.9 Å². The molecule has 0 radical (unpaired) electrons. The van der Waals surface area contributed by atoms with E-state index < -0.39 is 0 Å². The summed E-state index contributed by atoms with van der Waals surface area (Å²) < 4.78 is 4.22. The van der Waals surface area contributed by atoms with E-state index in [9.17, 15) is 0 Å². The molecule has 5 nitrogen and oxygen atoms in total. The third-order valence-corrected chi connectivity index (χ3v) is 2.43. The first-order valence-electron chi connectivity index (χ1n) is 4.67. The minimum Gasteiger partial charge on any atom is -0.361 e. The minimum absolute atomic E-state index is 0.654. The van der Waals surface area contributed by atoms with Gasteiger partial charge in [0.2, 0.25) is 5.13 Å². The molecule has 0 saturated carbocycles. The topological polar surface area (TPSA) is 63.6 Å². The van der Waals surface area contributed by atoms with Crippen molar-refractivity contribution in [3.63, 3.8) is 0 Å². The van der Waals surface area contributed by atoms with Crippen LogP contribution in [0.3, 0.4) is 0 Å². The van der Waals surface area contributed by atoms with Gasteiger partial charge in [-0.05, 0) is 19.9 Å². The largest absolute Gasteiger partial charge is 0.361 e. The molecule has 0 aliphatic carbocycles. The van der Waals surface area contributed by atoms with Gasteiger partial charge in [0, 0.05) is 24.3 Å². The number of aryl methyl sites for hydroxylation is 1. The molecular weight excluding hydrogens is 210 g/mol. The second-order valence-corrected chi connectivity index (χ2v) is 3.69. The molecule has 0 spiro atoms. The molecule has 2 rings (SSSR count). The van der Waals surface area contributed by atoms with Crippen molar-refractivity contribution in [1.29, 1.82) is 0 Å². The van der Waals surface area contributed by atoms with E-state index in [0.29, 0.717) is 5.82 Å². The Balaban J connectivity index is 2.29. The van der Waals surface area contributed by atoms with E-state index in [4.69, 9.17) is 0 Å². The molecule has 0 bridgehead atoms. The lowest BCUT2D eigenvalue weighted by Gasteiger charge is -1.95. The molecule has 0 aliphatic rings. The summed E-state index contributed by atoms with van der Waals surface area (Å²) >= 11 is 1.34. The highest BCUT2D eigenvalue weighted by Gasteiger charge is 2.07. The number of rotatable bonds is 3. The van der Waals surface area contributed by atoms with Gasteiger partial charge in [0.25, 0.3) is 0 Å². The first kappa shape index (κ1) is 9.97. The molecule has 15 heavy (non-hydrogen) atoms. The van der Waals surface area contributed by atoms with Crippen molar-refractivity contribution in [3.05, 3.63) is 18.1 Å². The smallest absolute Gasteiger partial charge is 0.202 e. The maximum absolute atomic E-state index is 4.32. The van der Waals surface area contributed by atoms with Crippen molar-refractivity contribution < 1.29 is 0 Å². The van der Waals surface area contributed by atoms with Crippen LogP contribution in [0.15, 0.2) is 12.3 Å². The summed E-state index contributed by atoms with van der Waals surface area (Å²) in [6.45, 7) is 4.72. The van der Waals surface area contributed by atoms with E-state index in [2.05, 4.69) is 24.6 Å². The van der Waals surface area contributed by atoms with Gasteiger partial charge in [0.15, 0.2) is 5.82 Å². The van der Waals surface area contributed by atoms with Gasteiger partial charge in [0.05, 0.1) is 0 Å². The number of nitrogens with one attached hydrogen (secondary N) is 1. The van der Waals surface area contributed by atoms with Crippen molar-refractivity contribution in [1.82, 2.24) is 19.3 Å². The predicted octanol–water partition coefficient (Wildman–Crippen LogP) is 1.74. The number of anilines is 1. The van der Waals surface area contributed by atoms with Gasteiger partial charge in [-0.3, -0.25) is 0 Å². The summed E-state index contributed by atoms with van der Waals surface area (Å²) in [5.74, 6) is 1.38. The highest BCUT2D eigenvalue weighted by atomic mass is 32.1. The van der Waals surface area contributed by atoms with Gasteiger partial charge in [-0.15, -0.1) is 0 Å². The van der Waals surface area contributed by atoms with Crippen molar-refractivity contribution in [2.75, 3.05) is 11.9 Å². The van der Waals surface area contributed by atoms with Crippen LogP contribution in [0, 0.1) is 6.92 Å². The first-order chi connectivity index (χ1) is 7.29. The molecule has 6 heteroatoms. The molecule has 0 saturated heterocycles. The summed E-state index contributed by atoms with van der Waals surface area (Å²) in [5, 5.41) is 3.94. The molecule has 0 aliphatic heterocycles. The fourth-order valence-electron chi connectivity index (χ4n) is 1.13. The summed E-state index contributed by atoms with van der Waals surface area (Å²) in [6, 6.07) is 1.81. The maximum Gasteiger partial charge on any atom is 0.202 e. The molecule has 2 heterocycles. The Labute approximate surface area is 91.8 Å². The summed E-state index contributed by atoms with van der Waals surface area (Å²) in [5.41, 5.74) is 0.767. The van der Waals surface area contributed by atoms with E-state index in [1.165, 1.54) is 11.5 Å². The standard InChI is InChI=1S/C9H11N5S/c1-3-10-9-13-8(14-15-9)7-4-5-11-6(2)12-7/h4-5H,3H2,1-2H3,(H,10,13,14). The van der Waals surface area contributed by atoms with E-state index in [0.717, 1.165) is 23.2 Å².